The van der Waals surface area contributed by atoms with E-state index in [9.17, 15) is 14.9 Å². The van der Waals surface area contributed by atoms with E-state index < -0.39 is 10.8 Å². The van der Waals surface area contributed by atoms with Crippen LogP contribution in [0.3, 0.4) is 0 Å². The van der Waals surface area contributed by atoms with Crippen LogP contribution in [0.15, 0.2) is 34.8 Å². The Bertz CT molecular complexity index is 740. The SMILES string of the molecule is O=C(Nc1ccc(Br)cc1[N+](=O)[O-])c1nc(Cl)ccc1Cl. The minimum atomic E-state index is -0.687. The smallest absolute Gasteiger partial charge is 0.293 e. The number of nitrogens with one attached hydrogen (secondary N) is 1. The number of anilines is 1. The van der Waals surface area contributed by atoms with Gasteiger partial charge in [0.2, 0.25) is 0 Å². The number of carbonyl (C=O) groups excluding carboxylic acids is 1. The van der Waals surface area contributed by atoms with E-state index in [2.05, 4.69) is 26.2 Å². The van der Waals surface area contributed by atoms with Gasteiger partial charge in [-0.2, -0.15) is 0 Å². The van der Waals surface area contributed by atoms with Crippen molar-refractivity contribution >= 4 is 56.4 Å². The van der Waals surface area contributed by atoms with Crippen LogP contribution in [0.2, 0.25) is 10.2 Å². The molecule has 0 unspecified atom stereocenters. The average Bonchev–Trinajstić information content (AvgIpc) is 2.43. The normalized spacial score (nSPS) is 10.2. The van der Waals surface area contributed by atoms with Crippen LogP contribution in [0, 0.1) is 10.1 Å². The molecule has 21 heavy (non-hydrogen) atoms. The van der Waals surface area contributed by atoms with Crippen molar-refractivity contribution in [2.45, 2.75) is 0 Å². The molecule has 2 aromatic rings. The molecule has 0 bridgehead atoms. The van der Waals surface area contributed by atoms with Crippen molar-refractivity contribution in [1.82, 2.24) is 4.98 Å². The highest BCUT2D eigenvalue weighted by Gasteiger charge is 2.19. The van der Waals surface area contributed by atoms with E-state index in [4.69, 9.17) is 23.2 Å². The van der Waals surface area contributed by atoms with E-state index in [0.717, 1.165) is 0 Å². The Labute approximate surface area is 137 Å². The molecule has 1 N–H and O–H groups in total. The monoisotopic (exact) mass is 389 g/mol. The van der Waals surface area contributed by atoms with Crippen molar-refractivity contribution in [2.24, 2.45) is 0 Å². The summed E-state index contributed by atoms with van der Waals surface area (Å²) in [5, 5.41) is 13.6. The molecule has 0 aliphatic carbocycles. The van der Waals surface area contributed by atoms with Gasteiger partial charge in [0, 0.05) is 10.5 Å². The molecule has 1 aromatic carbocycles. The molecule has 9 heteroatoms. The number of hydrogen-bond donors (Lipinski definition) is 1. The summed E-state index contributed by atoms with van der Waals surface area (Å²) in [5.41, 5.74) is -0.330. The summed E-state index contributed by atoms with van der Waals surface area (Å²) in [5.74, 6) is -0.687. The van der Waals surface area contributed by atoms with E-state index >= 15 is 0 Å². The van der Waals surface area contributed by atoms with Crippen molar-refractivity contribution in [3.05, 3.63) is 60.8 Å². The number of halogens is 3. The predicted molar refractivity (Wildman–Crippen MR) is 83.0 cm³/mol. The molecule has 108 valence electrons. The van der Waals surface area contributed by atoms with Crippen LogP contribution in [0.25, 0.3) is 0 Å². The molecular formula is C12H6BrCl2N3O3. The molecule has 0 radical (unpaired) electrons. The van der Waals surface area contributed by atoms with Crippen LogP contribution in [0.1, 0.15) is 10.5 Å². The topological polar surface area (TPSA) is 85.1 Å². The number of aromatic nitrogens is 1. The number of carbonyl (C=O) groups is 1. The third-order valence-electron chi connectivity index (χ3n) is 2.43. The van der Waals surface area contributed by atoms with Gasteiger partial charge in [0.15, 0.2) is 0 Å². The lowest BCUT2D eigenvalue weighted by Gasteiger charge is -2.07. The fourth-order valence-corrected chi connectivity index (χ4v) is 2.21. The summed E-state index contributed by atoms with van der Waals surface area (Å²) < 4.78 is 0.520. The second-order valence-corrected chi connectivity index (χ2v) is 5.55. The maximum Gasteiger partial charge on any atom is 0.293 e. The number of nitro benzene ring substituents is 1. The molecule has 1 amide bonds. The molecule has 0 saturated carbocycles. The van der Waals surface area contributed by atoms with Crippen molar-refractivity contribution < 1.29 is 9.72 Å². The maximum absolute atomic E-state index is 12.1. The quantitative estimate of drug-likeness (QED) is 0.480. The third-order valence-corrected chi connectivity index (χ3v) is 3.44. The Morgan fingerprint density at radius 1 is 1.29 bits per heavy atom. The summed E-state index contributed by atoms with van der Waals surface area (Å²) in [7, 11) is 0. The summed E-state index contributed by atoms with van der Waals surface area (Å²) in [6, 6.07) is 7.10. The standard InChI is InChI=1S/C12H6BrCl2N3O3/c13-6-1-3-8(9(5-6)18(20)21)16-12(19)11-7(14)2-4-10(15)17-11/h1-5H,(H,16,19). The second kappa shape index (κ2) is 6.38. The molecule has 0 aliphatic rings. The molecular weight excluding hydrogens is 385 g/mol. The largest absolute Gasteiger partial charge is 0.315 e. The van der Waals surface area contributed by atoms with Gasteiger partial charge in [-0.25, -0.2) is 4.98 Å². The summed E-state index contributed by atoms with van der Waals surface area (Å²) in [6.07, 6.45) is 0. The first kappa shape index (κ1) is 15.7. The highest BCUT2D eigenvalue weighted by Crippen LogP contribution is 2.29. The van der Waals surface area contributed by atoms with Crippen molar-refractivity contribution in [3.63, 3.8) is 0 Å². The zero-order chi connectivity index (χ0) is 15.6. The lowest BCUT2D eigenvalue weighted by molar-refractivity contribution is -0.384. The van der Waals surface area contributed by atoms with Crippen LogP contribution in [0.4, 0.5) is 11.4 Å². The van der Waals surface area contributed by atoms with E-state index in [1.165, 1.54) is 24.3 Å². The highest BCUT2D eigenvalue weighted by molar-refractivity contribution is 9.10. The van der Waals surface area contributed by atoms with Crippen LogP contribution in [0.5, 0.6) is 0 Å². The first-order valence-electron chi connectivity index (χ1n) is 5.46. The van der Waals surface area contributed by atoms with E-state index in [0.29, 0.717) is 4.47 Å². The molecule has 1 heterocycles. The second-order valence-electron chi connectivity index (χ2n) is 3.84. The molecule has 0 fully saturated rings. The number of rotatable bonds is 3. The highest BCUT2D eigenvalue weighted by atomic mass is 79.9. The van der Waals surface area contributed by atoms with Gasteiger partial charge in [0.05, 0.1) is 9.95 Å². The Kier molecular flexibility index (Phi) is 4.76. The minimum Gasteiger partial charge on any atom is -0.315 e. The first-order chi connectivity index (χ1) is 9.88. The molecule has 0 aliphatic heterocycles. The first-order valence-corrected chi connectivity index (χ1v) is 7.00. The van der Waals surface area contributed by atoms with Crippen molar-refractivity contribution in [3.8, 4) is 0 Å². The van der Waals surface area contributed by atoms with Crippen LogP contribution in [-0.2, 0) is 0 Å². The molecule has 2 rings (SSSR count). The summed E-state index contributed by atoms with van der Waals surface area (Å²) >= 11 is 14.7. The lowest BCUT2D eigenvalue weighted by atomic mass is 10.2. The van der Waals surface area contributed by atoms with Gasteiger partial charge in [-0.05, 0) is 24.3 Å². The predicted octanol–water partition coefficient (Wildman–Crippen LogP) is 4.31. The summed E-state index contributed by atoms with van der Waals surface area (Å²) in [6.45, 7) is 0. The van der Waals surface area contributed by atoms with Gasteiger partial charge in [0.25, 0.3) is 11.6 Å². The summed E-state index contributed by atoms with van der Waals surface area (Å²) in [4.78, 5) is 26.3. The van der Waals surface area contributed by atoms with E-state index in [-0.39, 0.29) is 27.2 Å². The fraction of sp³-hybridized carbons (Fsp3) is 0. The van der Waals surface area contributed by atoms with Gasteiger partial charge < -0.3 is 5.32 Å². The molecule has 6 nitrogen and oxygen atoms in total. The lowest BCUT2D eigenvalue weighted by Crippen LogP contribution is -2.15. The Balaban J connectivity index is 2.36. The van der Waals surface area contributed by atoms with Gasteiger partial charge in [-0.3, -0.25) is 14.9 Å². The van der Waals surface area contributed by atoms with E-state index in [1.54, 1.807) is 6.07 Å². The van der Waals surface area contributed by atoms with Crippen LogP contribution < -0.4 is 5.32 Å². The zero-order valence-corrected chi connectivity index (χ0v) is 13.2. The Morgan fingerprint density at radius 2 is 2.00 bits per heavy atom. The number of amides is 1. The van der Waals surface area contributed by atoms with E-state index in [1.807, 2.05) is 0 Å². The average molecular weight is 391 g/mol. The molecule has 0 atom stereocenters. The van der Waals surface area contributed by atoms with Gasteiger partial charge in [0.1, 0.15) is 16.5 Å². The maximum atomic E-state index is 12.1. The van der Waals surface area contributed by atoms with Crippen LogP contribution in [-0.4, -0.2) is 15.8 Å². The van der Waals surface area contributed by atoms with Gasteiger partial charge in [-0.1, -0.05) is 39.1 Å². The molecule has 0 saturated heterocycles. The molecule has 1 aromatic heterocycles. The fourth-order valence-electron chi connectivity index (χ4n) is 1.52. The third kappa shape index (κ3) is 3.69. The molecule has 0 spiro atoms. The number of nitro groups is 1. The van der Waals surface area contributed by atoms with Gasteiger partial charge in [-0.15, -0.1) is 0 Å². The number of hydrogen-bond acceptors (Lipinski definition) is 4. The van der Waals surface area contributed by atoms with Crippen molar-refractivity contribution in [1.29, 1.82) is 0 Å². The van der Waals surface area contributed by atoms with Crippen LogP contribution >= 0.6 is 39.1 Å². The number of nitrogens with zero attached hydrogens (tertiary/aromatic N) is 2. The minimum absolute atomic E-state index is 0.0334. The van der Waals surface area contributed by atoms with Crippen molar-refractivity contribution in [2.75, 3.05) is 5.32 Å². The van der Waals surface area contributed by atoms with Gasteiger partial charge >= 0.3 is 0 Å². The zero-order valence-electron chi connectivity index (χ0n) is 10.1. The number of benzene rings is 1. The Morgan fingerprint density at radius 3 is 2.67 bits per heavy atom. The Hall–Kier alpha value is -1.70. The number of pyridine rings is 1.